The lowest BCUT2D eigenvalue weighted by Gasteiger charge is -2.39. The number of likely N-dealkylation sites (N-methyl/N-ethyl adjacent to an activating group) is 1. The Kier molecular flexibility index (Phi) is 10.3. The Bertz CT molecular complexity index is 1790. The van der Waals surface area contributed by atoms with Crippen molar-refractivity contribution in [3.8, 4) is 11.5 Å². The molecule has 268 valence electrons. The summed E-state index contributed by atoms with van der Waals surface area (Å²) in [7, 11) is 1.73. The number of halogens is 1. The van der Waals surface area contributed by atoms with Crippen LogP contribution in [0.2, 0.25) is 5.02 Å². The van der Waals surface area contributed by atoms with E-state index in [1.807, 2.05) is 103 Å². The second kappa shape index (κ2) is 14.9. The summed E-state index contributed by atoms with van der Waals surface area (Å²) in [4.78, 5) is 14.9. The lowest BCUT2D eigenvalue weighted by Crippen LogP contribution is -2.38. The highest BCUT2D eigenvalue weighted by molar-refractivity contribution is 6.32. The molecule has 7 rings (SSSR count). The zero-order chi connectivity index (χ0) is 35.6. The van der Waals surface area contributed by atoms with Gasteiger partial charge in [0.15, 0.2) is 17.8 Å². The first-order valence-electron chi connectivity index (χ1n) is 18.0. The van der Waals surface area contributed by atoms with E-state index >= 15 is 0 Å². The van der Waals surface area contributed by atoms with Gasteiger partial charge in [0.1, 0.15) is 25.9 Å². The monoisotopic (exact) mass is 709 g/mol. The molecule has 1 saturated heterocycles. The Morgan fingerprint density at radius 2 is 1.45 bits per heavy atom. The second-order valence-electron chi connectivity index (χ2n) is 15.1. The van der Waals surface area contributed by atoms with Crippen LogP contribution < -0.4 is 9.47 Å². The van der Waals surface area contributed by atoms with Gasteiger partial charge in [-0.05, 0) is 69.9 Å². The fourth-order valence-electron chi connectivity index (χ4n) is 8.62. The van der Waals surface area contributed by atoms with Crippen LogP contribution in [-0.2, 0) is 34.0 Å². The van der Waals surface area contributed by atoms with Gasteiger partial charge < -0.3 is 28.6 Å². The largest absolute Gasteiger partial charge is 0.485 e. The quantitative estimate of drug-likeness (QED) is 0.138. The van der Waals surface area contributed by atoms with E-state index in [9.17, 15) is 4.79 Å². The van der Waals surface area contributed by atoms with E-state index in [0.717, 1.165) is 28.7 Å². The van der Waals surface area contributed by atoms with E-state index in [2.05, 4.69) is 20.8 Å². The molecule has 2 bridgehead atoms. The molecule has 1 aliphatic heterocycles. The van der Waals surface area contributed by atoms with Crippen LogP contribution in [-0.4, -0.2) is 37.0 Å². The zero-order valence-corrected chi connectivity index (χ0v) is 30.7. The standard InChI is InChI=1S/C43H48ClNO6/c1-42(2)34-20-21-43(42,3)40-33(34)24-38(51-40)50-37(25-45(4)41(46)49-28-31-18-12-7-13-19-31)32-22-35(44)39(48-27-30-16-10-6-11-17-30)36(23-32)47-26-29-14-8-5-9-15-29/h5-19,22-23,33-34,37-38,40H,20-21,24-28H2,1-4H3/t33-,34-,37-,38-,40-,43+/m1/s1. The molecular weight excluding hydrogens is 662 g/mol. The third-order valence-corrected chi connectivity index (χ3v) is 12.1. The molecule has 0 N–H and O–H groups in total. The molecule has 4 aromatic rings. The van der Waals surface area contributed by atoms with Gasteiger partial charge in [-0.25, -0.2) is 4.79 Å². The highest BCUT2D eigenvalue weighted by Gasteiger charge is 2.69. The highest BCUT2D eigenvalue weighted by atomic mass is 35.5. The minimum Gasteiger partial charge on any atom is -0.485 e. The Hall–Kier alpha value is -4.04. The van der Waals surface area contributed by atoms with E-state index in [1.54, 1.807) is 11.9 Å². The Balaban J connectivity index is 1.16. The van der Waals surface area contributed by atoms with Gasteiger partial charge in [-0.2, -0.15) is 0 Å². The summed E-state index contributed by atoms with van der Waals surface area (Å²) in [5.41, 5.74) is 4.03. The third-order valence-electron chi connectivity index (χ3n) is 11.8. The molecule has 8 heteroatoms. The first kappa shape index (κ1) is 35.4. The molecule has 1 heterocycles. The minimum absolute atomic E-state index is 0.105. The maximum Gasteiger partial charge on any atom is 0.409 e. The van der Waals surface area contributed by atoms with Crippen LogP contribution in [0.15, 0.2) is 103 Å². The molecule has 6 atom stereocenters. The Morgan fingerprint density at radius 1 is 0.863 bits per heavy atom. The van der Waals surface area contributed by atoms with Crippen molar-refractivity contribution in [3.63, 3.8) is 0 Å². The topological polar surface area (TPSA) is 66.5 Å². The maximum absolute atomic E-state index is 13.3. The Labute approximate surface area is 306 Å². The summed E-state index contributed by atoms with van der Waals surface area (Å²) >= 11 is 7.04. The second-order valence-corrected chi connectivity index (χ2v) is 15.5. The number of hydrogen-bond acceptors (Lipinski definition) is 6. The molecule has 0 radical (unpaired) electrons. The number of hydrogen-bond donors (Lipinski definition) is 0. The number of nitrogens with zero attached hydrogens (tertiary/aromatic N) is 1. The predicted molar refractivity (Wildman–Crippen MR) is 197 cm³/mol. The number of amides is 1. The van der Waals surface area contributed by atoms with Gasteiger partial charge in [0.2, 0.25) is 0 Å². The summed E-state index contributed by atoms with van der Waals surface area (Å²) in [6.45, 7) is 8.24. The van der Waals surface area contributed by atoms with Crippen molar-refractivity contribution in [1.82, 2.24) is 4.90 Å². The number of carbonyl (C=O) groups is 1. The van der Waals surface area contributed by atoms with Gasteiger partial charge >= 0.3 is 6.09 Å². The van der Waals surface area contributed by atoms with Crippen molar-refractivity contribution in [1.29, 1.82) is 0 Å². The van der Waals surface area contributed by atoms with Crippen LogP contribution in [0, 0.1) is 22.7 Å². The third kappa shape index (κ3) is 7.35. The van der Waals surface area contributed by atoms with Crippen LogP contribution in [0.1, 0.15) is 68.4 Å². The fourth-order valence-corrected chi connectivity index (χ4v) is 8.89. The van der Waals surface area contributed by atoms with E-state index < -0.39 is 18.5 Å². The number of fused-ring (bicyclic) bond motifs is 5. The van der Waals surface area contributed by atoms with E-state index in [-0.39, 0.29) is 30.1 Å². The average Bonchev–Trinajstić information content (AvgIpc) is 3.72. The molecule has 7 nitrogen and oxygen atoms in total. The molecular formula is C43H48ClNO6. The minimum atomic E-state index is -0.582. The maximum atomic E-state index is 13.3. The molecule has 4 aromatic carbocycles. The first-order valence-corrected chi connectivity index (χ1v) is 18.4. The van der Waals surface area contributed by atoms with Gasteiger partial charge in [0.05, 0.1) is 17.7 Å². The Morgan fingerprint density at radius 3 is 2.06 bits per heavy atom. The van der Waals surface area contributed by atoms with Crippen LogP contribution in [0.4, 0.5) is 4.79 Å². The molecule has 2 saturated carbocycles. The molecule has 1 amide bonds. The van der Waals surface area contributed by atoms with Crippen LogP contribution in [0.3, 0.4) is 0 Å². The van der Waals surface area contributed by atoms with Crippen molar-refractivity contribution < 1.29 is 28.5 Å². The predicted octanol–water partition coefficient (Wildman–Crippen LogP) is 10.0. The molecule has 2 aliphatic carbocycles. The van der Waals surface area contributed by atoms with Gasteiger partial charge in [0, 0.05) is 13.5 Å². The van der Waals surface area contributed by atoms with E-state index in [1.165, 1.54) is 12.8 Å². The molecule has 3 fully saturated rings. The van der Waals surface area contributed by atoms with Gasteiger partial charge in [-0.15, -0.1) is 0 Å². The molecule has 0 unspecified atom stereocenters. The summed E-state index contributed by atoms with van der Waals surface area (Å²) in [6, 6.07) is 33.4. The molecule has 51 heavy (non-hydrogen) atoms. The molecule has 0 aromatic heterocycles. The van der Waals surface area contributed by atoms with Crippen LogP contribution >= 0.6 is 11.6 Å². The van der Waals surface area contributed by atoms with E-state index in [0.29, 0.717) is 41.6 Å². The zero-order valence-electron chi connectivity index (χ0n) is 29.9. The SMILES string of the molecule is CN(C[C@@H](O[C@H]1C[C@@H]2[C@H]3CC[C@@](C)([C@@H]2O1)C3(C)C)c1cc(Cl)c(OCc2ccccc2)c(OCc2ccccc2)c1)C(=O)OCc1ccccc1. The summed E-state index contributed by atoms with van der Waals surface area (Å²) in [6.07, 6.45) is 1.90. The molecule has 3 aliphatic rings. The van der Waals surface area contributed by atoms with Crippen LogP contribution in [0.5, 0.6) is 11.5 Å². The number of benzene rings is 4. The smallest absolute Gasteiger partial charge is 0.409 e. The van der Waals surface area contributed by atoms with Crippen molar-refractivity contribution in [3.05, 3.63) is 130 Å². The van der Waals surface area contributed by atoms with Crippen molar-refractivity contribution in [2.45, 2.75) is 78.4 Å². The van der Waals surface area contributed by atoms with Crippen LogP contribution in [0.25, 0.3) is 0 Å². The molecule has 0 spiro atoms. The van der Waals surface area contributed by atoms with Crippen molar-refractivity contribution in [2.75, 3.05) is 13.6 Å². The van der Waals surface area contributed by atoms with Gasteiger partial charge in [-0.3, -0.25) is 0 Å². The average molecular weight is 710 g/mol. The van der Waals surface area contributed by atoms with Gasteiger partial charge in [-0.1, -0.05) is 123 Å². The van der Waals surface area contributed by atoms with E-state index in [4.69, 9.17) is 35.3 Å². The van der Waals surface area contributed by atoms with Gasteiger partial charge in [0.25, 0.3) is 0 Å². The number of carbonyl (C=O) groups excluding carboxylic acids is 1. The number of rotatable bonds is 13. The lowest BCUT2D eigenvalue weighted by atomic mass is 9.70. The van der Waals surface area contributed by atoms with Crippen molar-refractivity contribution in [2.24, 2.45) is 22.7 Å². The lowest BCUT2D eigenvalue weighted by molar-refractivity contribution is -0.189. The normalized spacial score (nSPS) is 24.9. The summed E-state index contributed by atoms with van der Waals surface area (Å²) in [5.74, 6) is 1.99. The summed E-state index contributed by atoms with van der Waals surface area (Å²) in [5, 5.41) is 0.394. The summed E-state index contributed by atoms with van der Waals surface area (Å²) < 4.78 is 32.1. The van der Waals surface area contributed by atoms with Crippen molar-refractivity contribution >= 4 is 17.7 Å². The first-order chi connectivity index (χ1) is 24.6. The fraction of sp³-hybridized carbons (Fsp3) is 0.419. The highest BCUT2D eigenvalue weighted by Crippen LogP contribution is 2.71. The number of ether oxygens (including phenoxy) is 5.